The van der Waals surface area contributed by atoms with E-state index in [0.29, 0.717) is 17.8 Å². The molecule has 0 saturated heterocycles. The average Bonchev–Trinajstić information content (AvgIpc) is 2.89. The lowest BCUT2D eigenvalue weighted by atomic mass is 10.1. The Labute approximate surface area is 115 Å². The zero-order valence-electron chi connectivity index (χ0n) is 11.4. The van der Waals surface area contributed by atoms with Gasteiger partial charge in [-0.1, -0.05) is 32.8 Å². The Hall–Kier alpha value is -0.760. The Morgan fingerprint density at radius 3 is 2.67 bits per heavy atom. The molecule has 0 N–H and O–H groups in total. The molecule has 0 unspecified atom stereocenters. The molecule has 18 heavy (non-hydrogen) atoms. The summed E-state index contributed by atoms with van der Waals surface area (Å²) < 4.78 is 0. The minimum absolute atomic E-state index is 0.494. The summed E-state index contributed by atoms with van der Waals surface area (Å²) in [4.78, 5) is 7.18. The molecule has 1 heterocycles. The highest BCUT2D eigenvalue weighted by molar-refractivity contribution is 6.16. The van der Waals surface area contributed by atoms with Crippen LogP contribution < -0.4 is 4.90 Å². The molecule has 0 radical (unpaired) electrons. The number of halogens is 1. The highest BCUT2D eigenvalue weighted by atomic mass is 35.5. The first-order valence-corrected chi connectivity index (χ1v) is 7.52. The molecule has 1 aliphatic carbocycles. The number of hydrogen-bond donors (Lipinski definition) is 0. The van der Waals surface area contributed by atoms with Crippen LogP contribution in [0.1, 0.15) is 45.2 Å². The normalized spacial score (nSPS) is 16.4. The molecular weight excluding hydrogens is 244 g/mol. The van der Waals surface area contributed by atoms with Crippen molar-refractivity contribution in [3.05, 3.63) is 23.9 Å². The second kappa shape index (κ2) is 6.42. The van der Waals surface area contributed by atoms with E-state index < -0.39 is 0 Å². The van der Waals surface area contributed by atoms with Crippen molar-refractivity contribution in [3.8, 4) is 0 Å². The van der Waals surface area contributed by atoms with Crippen LogP contribution in [0.3, 0.4) is 0 Å². The van der Waals surface area contributed by atoms with E-state index in [1.54, 1.807) is 0 Å². The van der Waals surface area contributed by atoms with E-state index in [0.717, 1.165) is 18.1 Å². The van der Waals surface area contributed by atoms with Crippen LogP contribution in [0.2, 0.25) is 0 Å². The number of nitrogens with zero attached hydrogens (tertiary/aromatic N) is 2. The molecule has 1 aliphatic rings. The lowest BCUT2D eigenvalue weighted by molar-refractivity contribution is 0.531. The number of aromatic nitrogens is 1. The molecule has 0 aliphatic heterocycles. The van der Waals surface area contributed by atoms with Crippen LogP contribution in [0.4, 0.5) is 5.82 Å². The Morgan fingerprint density at radius 1 is 1.33 bits per heavy atom. The van der Waals surface area contributed by atoms with Crippen LogP contribution in [0, 0.1) is 5.92 Å². The van der Waals surface area contributed by atoms with Gasteiger partial charge in [-0.3, -0.25) is 0 Å². The van der Waals surface area contributed by atoms with Gasteiger partial charge >= 0.3 is 0 Å². The Balaban J connectivity index is 2.20. The van der Waals surface area contributed by atoms with Gasteiger partial charge < -0.3 is 4.90 Å². The maximum atomic E-state index is 5.89. The lowest BCUT2D eigenvalue weighted by Gasteiger charge is -2.32. The monoisotopic (exact) mass is 266 g/mol. The highest BCUT2D eigenvalue weighted by Crippen LogP contribution is 2.28. The summed E-state index contributed by atoms with van der Waals surface area (Å²) in [7, 11) is 0. The van der Waals surface area contributed by atoms with Crippen molar-refractivity contribution in [2.75, 3.05) is 11.4 Å². The molecule has 2 rings (SSSR count). The quantitative estimate of drug-likeness (QED) is 0.742. The molecular formula is C15H23ClN2. The molecule has 0 amide bonds. The van der Waals surface area contributed by atoms with E-state index in [1.807, 2.05) is 6.07 Å². The Kier molecular flexibility index (Phi) is 4.87. The minimum Gasteiger partial charge on any atom is -0.353 e. The third-order valence-electron chi connectivity index (χ3n) is 3.55. The van der Waals surface area contributed by atoms with E-state index in [1.165, 1.54) is 25.7 Å². The summed E-state index contributed by atoms with van der Waals surface area (Å²) >= 11 is 5.89. The van der Waals surface area contributed by atoms with Crippen molar-refractivity contribution >= 4 is 17.4 Å². The molecule has 0 aromatic carbocycles. The van der Waals surface area contributed by atoms with Crippen molar-refractivity contribution in [2.24, 2.45) is 5.92 Å². The summed E-state index contributed by atoms with van der Waals surface area (Å²) in [5.74, 6) is 2.26. The maximum Gasteiger partial charge on any atom is 0.129 e. The summed E-state index contributed by atoms with van der Waals surface area (Å²) in [6.45, 7) is 5.63. The summed E-state index contributed by atoms with van der Waals surface area (Å²) in [5, 5.41) is 0. The second-order valence-corrected chi connectivity index (χ2v) is 5.87. The molecule has 1 aromatic rings. The van der Waals surface area contributed by atoms with E-state index >= 15 is 0 Å². The molecule has 100 valence electrons. The molecule has 0 spiro atoms. The minimum atomic E-state index is 0.494. The fraction of sp³-hybridized carbons (Fsp3) is 0.667. The number of rotatable bonds is 5. The molecule has 1 aromatic heterocycles. The van der Waals surface area contributed by atoms with Crippen molar-refractivity contribution < 1.29 is 0 Å². The lowest BCUT2D eigenvalue weighted by Crippen LogP contribution is -2.37. The second-order valence-electron chi connectivity index (χ2n) is 5.61. The average molecular weight is 267 g/mol. The van der Waals surface area contributed by atoms with Crippen molar-refractivity contribution in [1.29, 1.82) is 0 Å². The van der Waals surface area contributed by atoms with Gasteiger partial charge in [-0.15, -0.1) is 11.6 Å². The van der Waals surface area contributed by atoms with Crippen molar-refractivity contribution in [3.63, 3.8) is 0 Å². The third kappa shape index (κ3) is 3.38. The van der Waals surface area contributed by atoms with Crippen LogP contribution in [0.15, 0.2) is 18.2 Å². The predicted molar refractivity (Wildman–Crippen MR) is 78.2 cm³/mol. The summed E-state index contributed by atoms with van der Waals surface area (Å²) in [5.41, 5.74) is 0.973. The number of pyridine rings is 1. The first kappa shape index (κ1) is 13.7. The Morgan fingerprint density at radius 2 is 2.06 bits per heavy atom. The van der Waals surface area contributed by atoms with Gasteiger partial charge in [0.05, 0.1) is 11.6 Å². The highest BCUT2D eigenvalue weighted by Gasteiger charge is 2.24. The number of anilines is 1. The fourth-order valence-electron chi connectivity index (χ4n) is 2.74. The van der Waals surface area contributed by atoms with Gasteiger partial charge in [0.1, 0.15) is 5.82 Å². The van der Waals surface area contributed by atoms with Crippen molar-refractivity contribution in [2.45, 2.75) is 51.5 Å². The van der Waals surface area contributed by atoms with E-state index in [2.05, 4.69) is 35.9 Å². The predicted octanol–water partition coefficient (Wildman–Crippen LogP) is 4.23. The SMILES string of the molecule is CC(C)CN(c1cccc(CCl)n1)C1CCCC1. The molecule has 0 atom stereocenters. The molecule has 1 fully saturated rings. The van der Waals surface area contributed by atoms with Gasteiger partial charge in [0.2, 0.25) is 0 Å². The van der Waals surface area contributed by atoms with Crippen molar-refractivity contribution in [1.82, 2.24) is 4.98 Å². The number of alkyl halides is 1. The van der Waals surface area contributed by atoms with Gasteiger partial charge in [0.15, 0.2) is 0 Å². The first-order valence-electron chi connectivity index (χ1n) is 6.99. The zero-order valence-corrected chi connectivity index (χ0v) is 12.2. The summed E-state index contributed by atoms with van der Waals surface area (Å²) in [6, 6.07) is 6.86. The maximum absolute atomic E-state index is 5.89. The molecule has 0 bridgehead atoms. The van der Waals surface area contributed by atoms with Crippen LogP contribution in [0.5, 0.6) is 0 Å². The molecule has 1 saturated carbocycles. The van der Waals surface area contributed by atoms with Gasteiger partial charge in [-0.05, 0) is 30.9 Å². The molecule has 3 heteroatoms. The largest absolute Gasteiger partial charge is 0.353 e. The smallest absolute Gasteiger partial charge is 0.129 e. The van der Waals surface area contributed by atoms with Crippen LogP contribution in [-0.4, -0.2) is 17.6 Å². The fourth-order valence-corrected chi connectivity index (χ4v) is 2.89. The number of hydrogen-bond acceptors (Lipinski definition) is 2. The topological polar surface area (TPSA) is 16.1 Å². The zero-order chi connectivity index (χ0) is 13.0. The van der Waals surface area contributed by atoms with Gasteiger partial charge in [-0.2, -0.15) is 0 Å². The van der Waals surface area contributed by atoms with Crippen LogP contribution >= 0.6 is 11.6 Å². The summed E-state index contributed by atoms with van der Waals surface area (Å²) in [6.07, 6.45) is 5.32. The third-order valence-corrected chi connectivity index (χ3v) is 3.82. The molecule has 2 nitrogen and oxygen atoms in total. The van der Waals surface area contributed by atoms with Gasteiger partial charge in [0.25, 0.3) is 0 Å². The van der Waals surface area contributed by atoms with E-state index in [-0.39, 0.29) is 0 Å². The van der Waals surface area contributed by atoms with Crippen LogP contribution in [-0.2, 0) is 5.88 Å². The van der Waals surface area contributed by atoms with Crippen LogP contribution in [0.25, 0.3) is 0 Å². The van der Waals surface area contributed by atoms with E-state index in [4.69, 9.17) is 11.6 Å². The van der Waals surface area contributed by atoms with E-state index in [9.17, 15) is 0 Å². The first-order chi connectivity index (χ1) is 8.70. The Bertz CT molecular complexity index is 373. The standard InChI is InChI=1S/C15H23ClN2/c1-12(2)11-18(14-7-3-4-8-14)15-9-5-6-13(10-16)17-15/h5-6,9,12,14H,3-4,7-8,10-11H2,1-2H3. The van der Waals surface area contributed by atoms with Gasteiger partial charge in [0, 0.05) is 12.6 Å². The van der Waals surface area contributed by atoms with Gasteiger partial charge in [-0.25, -0.2) is 4.98 Å².